The predicted octanol–water partition coefficient (Wildman–Crippen LogP) is 1.90. The molecule has 1 aliphatic heterocycles. The number of carbonyl (C=O) groups is 1. The molecule has 0 radical (unpaired) electrons. The fraction of sp³-hybridized carbons (Fsp3) is 0.500. The average Bonchev–Trinajstić information content (AvgIpc) is 2.38. The number of piperidine rings is 1. The molecule has 0 spiro atoms. The van der Waals surface area contributed by atoms with E-state index < -0.39 is 5.97 Å². The van der Waals surface area contributed by atoms with Crippen LogP contribution in [0.4, 0.5) is 5.69 Å². The van der Waals surface area contributed by atoms with E-state index in [1.54, 1.807) is 6.07 Å². The van der Waals surface area contributed by atoms with Gasteiger partial charge >= 0.3 is 5.97 Å². The summed E-state index contributed by atoms with van der Waals surface area (Å²) in [4.78, 5) is 13.3. The van der Waals surface area contributed by atoms with Gasteiger partial charge in [0, 0.05) is 19.7 Å². The van der Waals surface area contributed by atoms with E-state index in [1.807, 2.05) is 19.1 Å². The maximum Gasteiger partial charge on any atom is 0.337 e. The first-order valence-corrected chi connectivity index (χ1v) is 6.31. The molecule has 1 heterocycles. The Labute approximate surface area is 107 Å². The van der Waals surface area contributed by atoms with Crippen molar-refractivity contribution in [3.05, 3.63) is 29.3 Å². The van der Waals surface area contributed by atoms with Crippen LogP contribution in [0.2, 0.25) is 0 Å². The summed E-state index contributed by atoms with van der Waals surface area (Å²) in [6, 6.07) is 5.43. The van der Waals surface area contributed by atoms with E-state index in [0.29, 0.717) is 11.5 Å². The molecular weight excluding hydrogens is 230 g/mol. The van der Waals surface area contributed by atoms with E-state index >= 15 is 0 Å². The molecular formula is C14H19NO3. The zero-order valence-electron chi connectivity index (χ0n) is 10.6. The minimum atomic E-state index is -0.880. The summed E-state index contributed by atoms with van der Waals surface area (Å²) in [6.07, 6.45) is 1.84. The summed E-state index contributed by atoms with van der Waals surface area (Å²) in [7, 11) is 0. The minimum Gasteiger partial charge on any atom is -0.478 e. The normalized spacial score (nSPS) is 16.9. The Bertz CT molecular complexity index is 437. The lowest BCUT2D eigenvalue weighted by Crippen LogP contribution is -2.35. The van der Waals surface area contributed by atoms with Crippen LogP contribution >= 0.6 is 0 Å². The first-order chi connectivity index (χ1) is 8.61. The third-order valence-electron chi connectivity index (χ3n) is 3.60. The second-order valence-corrected chi connectivity index (χ2v) is 4.94. The third kappa shape index (κ3) is 2.64. The van der Waals surface area contributed by atoms with Gasteiger partial charge in [0.05, 0.1) is 11.3 Å². The van der Waals surface area contributed by atoms with Gasteiger partial charge in [0.1, 0.15) is 0 Å². The second-order valence-electron chi connectivity index (χ2n) is 4.94. The standard InChI is InChI=1S/C14H19NO3/c1-10-2-3-12(14(17)18)13(8-10)15-6-4-11(9-16)5-7-15/h2-3,8,11,16H,4-7,9H2,1H3,(H,17,18). The van der Waals surface area contributed by atoms with Crippen LogP contribution < -0.4 is 4.90 Å². The number of hydrogen-bond acceptors (Lipinski definition) is 3. The third-order valence-corrected chi connectivity index (χ3v) is 3.60. The van der Waals surface area contributed by atoms with Crippen molar-refractivity contribution in [1.82, 2.24) is 0 Å². The van der Waals surface area contributed by atoms with Gasteiger partial charge in [0.15, 0.2) is 0 Å². The average molecular weight is 249 g/mol. The van der Waals surface area contributed by atoms with Gasteiger partial charge < -0.3 is 15.1 Å². The highest BCUT2D eigenvalue weighted by molar-refractivity contribution is 5.94. The van der Waals surface area contributed by atoms with Gasteiger partial charge in [-0.05, 0) is 43.4 Å². The molecule has 0 aromatic heterocycles. The van der Waals surface area contributed by atoms with Crippen LogP contribution in [0.1, 0.15) is 28.8 Å². The van der Waals surface area contributed by atoms with Gasteiger partial charge in [0.25, 0.3) is 0 Å². The van der Waals surface area contributed by atoms with Crippen LogP contribution in [0, 0.1) is 12.8 Å². The molecule has 0 aliphatic carbocycles. The van der Waals surface area contributed by atoms with Gasteiger partial charge in [0.2, 0.25) is 0 Å². The van der Waals surface area contributed by atoms with E-state index in [2.05, 4.69) is 4.90 Å². The molecule has 4 nitrogen and oxygen atoms in total. The maximum atomic E-state index is 11.2. The topological polar surface area (TPSA) is 60.8 Å². The summed E-state index contributed by atoms with van der Waals surface area (Å²) >= 11 is 0. The van der Waals surface area contributed by atoms with Gasteiger partial charge in [-0.3, -0.25) is 0 Å². The SMILES string of the molecule is Cc1ccc(C(=O)O)c(N2CCC(CO)CC2)c1. The van der Waals surface area contributed by atoms with Gasteiger partial charge in [-0.25, -0.2) is 4.79 Å². The Balaban J connectivity index is 2.22. The smallest absolute Gasteiger partial charge is 0.337 e. The molecule has 1 aromatic carbocycles. The van der Waals surface area contributed by atoms with Crippen LogP contribution in [0.15, 0.2) is 18.2 Å². The largest absolute Gasteiger partial charge is 0.478 e. The molecule has 1 saturated heterocycles. The highest BCUT2D eigenvalue weighted by atomic mass is 16.4. The lowest BCUT2D eigenvalue weighted by atomic mass is 9.96. The van der Waals surface area contributed by atoms with Crippen molar-refractivity contribution in [1.29, 1.82) is 0 Å². The number of carboxylic acid groups (broad SMARTS) is 1. The predicted molar refractivity (Wildman–Crippen MR) is 70.2 cm³/mol. The number of carboxylic acids is 1. The summed E-state index contributed by atoms with van der Waals surface area (Å²) in [5, 5.41) is 18.3. The molecule has 4 heteroatoms. The monoisotopic (exact) mass is 249 g/mol. The number of nitrogens with zero attached hydrogens (tertiary/aromatic N) is 1. The van der Waals surface area contributed by atoms with Crippen LogP contribution in [0.3, 0.4) is 0 Å². The molecule has 2 rings (SSSR count). The van der Waals surface area contributed by atoms with Crippen molar-refractivity contribution >= 4 is 11.7 Å². The summed E-state index contributed by atoms with van der Waals surface area (Å²) < 4.78 is 0. The Hall–Kier alpha value is -1.55. The van der Waals surface area contributed by atoms with Crippen molar-refractivity contribution in [3.8, 4) is 0 Å². The fourth-order valence-corrected chi connectivity index (χ4v) is 2.44. The Kier molecular flexibility index (Phi) is 3.87. The van der Waals surface area contributed by atoms with Gasteiger partial charge in [-0.1, -0.05) is 6.07 Å². The molecule has 1 aromatic rings. The molecule has 1 fully saturated rings. The molecule has 98 valence electrons. The Morgan fingerprint density at radius 2 is 2.06 bits per heavy atom. The highest BCUT2D eigenvalue weighted by Gasteiger charge is 2.22. The van der Waals surface area contributed by atoms with Crippen molar-refractivity contribution in [2.75, 3.05) is 24.6 Å². The van der Waals surface area contributed by atoms with Crippen LogP contribution in [-0.4, -0.2) is 35.9 Å². The molecule has 18 heavy (non-hydrogen) atoms. The molecule has 2 N–H and O–H groups in total. The number of rotatable bonds is 3. The van der Waals surface area contributed by atoms with E-state index in [1.165, 1.54) is 0 Å². The zero-order valence-corrected chi connectivity index (χ0v) is 10.6. The number of aromatic carboxylic acids is 1. The van der Waals surface area contributed by atoms with Crippen molar-refractivity contribution < 1.29 is 15.0 Å². The van der Waals surface area contributed by atoms with Crippen LogP contribution in [0.25, 0.3) is 0 Å². The molecule has 1 aliphatic rings. The first kappa shape index (κ1) is 12.9. The lowest BCUT2D eigenvalue weighted by molar-refractivity contribution is 0.0697. The number of aliphatic hydroxyl groups excluding tert-OH is 1. The molecule has 0 atom stereocenters. The zero-order chi connectivity index (χ0) is 13.1. The molecule has 0 unspecified atom stereocenters. The van der Waals surface area contributed by atoms with Gasteiger partial charge in [-0.15, -0.1) is 0 Å². The quantitative estimate of drug-likeness (QED) is 0.859. The van der Waals surface area contributed by atoms with Crippen LogP contribution in [0.5, 0.6) is 0 Å². The van der Waals surface area contributed by atoms with E-state index in [0.717, 1.165) is 37.2 Å². The lowest BCUT2D eigenvalue weighted by Gasteiger charge is -2.33. The highest BCUT2D eigenvalue weighted by Crippen LogP contribution is 2.27. The minimum absolute atomic E-state index is 0.230. The number of hydrogen-bond donors (Lipinski definition) is 2. The summed E-state index contributed by atoms with van der Waals surface area (Å²) in [5.74, 6) is -0.520. The van der Waals surface area contributed by atoms with Crippen molar-refractivity contribution in [3.63, 3.8) is 0 Å². The Morgan fingerprint density at radius 1 is 1.39 bits per heavy atom. The van der Waals surface area contributed by atoms with Crippen molar-refractivity contribution in [2.24, 2.45) is 5.92 Å². The number of aliphatic hydroxyl groups is 1. The van der Waals surface area contributed by atoms with Crippen molar-refractivity contribution in [2.45, 2.75) is 19.8 Å². The molecule has 0 bridgehead atoms. The number of anilines is 1. The molecule has 0 amide bonds. The van der Waals surface area contributed by atoms with E-state index in [4.69, 9.17) is 5.11 Å². The van der Waals surface area contributed by atoms with E-state index in [9.17, 15) is 9.90 Å². The summed E-state index contributed by atoms with van der Waals surface area (Å²) in [6.45, 7) is 3.83. The number of aryl methyl sites for hydroxylation is 1. The second kappa shape index (κ2) is 5.40. The van der Waals surface area contributed by atoms with Gasteiger partial charge in [-0.2, -0.15) is 0 Å². The Morgan fingerprint density at radius 3 is 2.61 bits per heavy atom. The number of benzene rings is 1. The summed E-state index contributed by atoms with van der Waals surface area (Å²) in [5.41, 5.74) is 2.24. The van der Waals surface area contributed by atoms with Crippen LogP contribution in [-0.2, 0) is 0 Å². The maximum absolute atomic E-state index is 11.2. The first-order valence-electron chi connectivity index (χ1n) is 6.31. The fourth-order valence-electron chi connectivity index (χ4n) is 2.44. The van der Waals surface area contributed by atoms with E-state index in [-0.39, 0.29) is 6.61 Å². The molecule has 0 saturated carbocycles.